The van der Waals surface area contributed by atoms with Crippen LogP contribution in [-0.4, -0.2) is 71.1 Å². The number of hydrogen-bond acceptors (Lipinski definition) is 6. The van der Waals surface area contributed by atoms with Crippen molar-refractivity contribution in [3.63, 3.8) is 0 Å². The average molecular weight is 536 g/mol. The zero-order valence-electron chi connectivity index (χ0n) is 17.8. The van der Waals surface area contributed by atoms with Crippen LogP contribution in [0.1, 0.15) is 23.6 Å². The number of ether oxygens (including phenoxy) is 1. The third-order valence-corrected chi connectivity index (χ3v) is 6.66. The molecule has 2 aromatic rings. The molecule has 4 rings (SSSR count). The van der Waals surface area contributed by atoms with Gasteiger partial charge in [-0.1, -0.05) is 39.7 Å². The molecule has 33 heavy (non-hydrogen) atoms. The largest absolute Gasteiger partial charge is 0.507 e. The van der Waals surface area contributed by atoms with E-state index in [1.165, 1.54) is 17.0 Å². The first-order valence-electron chi connectivity index (χ1n) is 10.7. The summed E-state index contributed by atoms with van der Waals surface area (Å²) in [7, 11) is 0. The number of halogens is 2. The van der Waals surface area contributed by atoms with E-state index in [0.29, 0.717) is 41.2 Å². The number of morpholine rings is 1. The van der Waals surface area contributed by atoms with Crippen molar-refractivity contribution in [2.75, 3.05) is 39.4 Å². The lowest BCUT2D eigenvalue weighted by Gasteiger charge is -2.29. The fraction of sp³-hybridized carbons (Fsp3) is 0.333. The van der Waals surface area contributed by atoms with Crippen LogP contribution in [0.4, 0.5) is 0 Å². The lowest BCUT2D eigenvalue weighted by atomic mass is 9.95. The van der Waals surface area contributed by atoms with E-state index < -0.39 is 23.5 Å². The lowest BCUT2D eigenvalue weighted by molar-refractivity contribution is -0.140. The third-order valence-electron chi connectivity index (χ3n) is 5.92. The molecule has 0 radical (unpaired) electrons. The second kappa shape index (κ2) is 10.3. The molecule has 0 spiro atoms. The standard InChI is InChI=1S/C24H24BrClN2O5/c25-16-4-7-19(29)18(14-16)22(30)20-21(15-2-5-17(26)6-3-15)28(24(32)23(20)31)9-1-8-27-10-12-33-13-11-27/h2-7,14,21,29-30H,1,8-13H2/t21-/m1/s1. The molecule has 2 aliphatic heterocycles. The van der Waals surface area contributed by atoms with E-state index in [4.69, 9.17) is 16.3 Å². The number of carbonyl (C=O) groups excluding carboxylic acids is 2. The molecule has 0 aliphatic carbocycles. The molecular weight excluding hydrogens is 512 g/mol. The molecule has 0 unspecified atom stereocenters. The number of rotatable bonds is 6. The third kappa shape index (κ3) is 5.09. The van der Waals surface area contributed by atoms with E-state index in [-0.39, 0.29) is 16.9 Å². The summed E-state index contributed by atoms with van der Waals surface area (Å²) in [5.74, 6) is -2.06. The number of ketones is 1. The number of amides is 1. The molecule has 0 bridgehead atoms. The van der Waals surface area contributed by atoms with Crippen LogP contribution in [0, 0.1) is 0 Å². The van der Waals surface area contributed by atoms with Crippen LogP contribution in [0.2, 0.25) is 5.02 Å². The van der Waals surface area contributed by atoms with Crippen molar-refractivity contribution >= 4 is 45.0 Å². The second-order valence-corrected chi connectivity index (χ2v) is 9.37. The van der Waals surface area contributed by atoms with Crippen LogP contribution in [0.15, 0.2) is 52.5 Å². The highest BCUT2D eigenvalue weighted by atomic mass is 79.9. The maximum Gasteiger partial charge on any atom is 0.295 e. The molecule has 7 nitrogen and oxygen atoms in total. The zero-order valence-corrected chi connectivity index (χ0v) is 20.2. The lowest BCUT2D eigenvalue weighted by Crippen LogP contribution is -2.38. The molecule has 2 heterocycles. The molecule has 2 N–H and O–H groups in total. The Morgan fingerprint density at radius 3 is 2.48 bits per heavy atom. The molecule has 0 aromatic heterocycles. The first-order chi connectivity index (χ1) is 15.9. The number of aliphatic hydroxyl groups is 1. The molecule has 2 fully saturated rings. The Morgan fingerprint density at radius 1 is 1.09 bits per heavy atom. The quantitative estimate of drug-likeness (QED) is 0.331. The summed E-state index contributed by atoms with van der Waals surface area (Å²) < 4.78 is 5.99. The predicted molar refractivity (Wildman–Crippen MR) is 128 cm³/mol. The number of benzene rings is 2. The molecule has 2 aromatic carbocycles. The summed E-state index contributed by atoms with van der Waals surface area (Å²) in [6, 6.07) is 10.6. The van der Waals surface area contributed by atoms with Gasteiger partial charge in [0.25, 0.3) is 11.7 Å². The van der Waals surface area contributed by atoms with Gasteiger partial charge >= 0.3 is 0 Å². The zero-order chi connectivity index (χ0) is 23.5. The highest BCUT2D eigenvalue weighted by molar-refractivity contribution is 9.10. The SMILES string of the molecule is O=C1C(=O)N(CCCN2CCOCC2)[C@H](c2ccc(Cl)cc2)C1=C(O)c1cc(Br)ccc1O. The Balaban J connectivity index is 1.70. The minimum absolute atomic E-state index is 0.0536. The van der Waals surface area contributed by atoms with Crippen LogP contribution >= 0.6 is 27.5 Å². The Hall–Kier alpha value is -2.39. The van der Waals surface area contributed by atoms with Crippen LogP contribution in [0.3, 0.4) is 0 Å². The van der Waals surface area contributed by atoms with Gasteiger partial charge in [0.1, 0.15) is 11.5 Å². The highest BCUT2D eigenvalue weighted by Gasteiger charge is 2.46. The van der Waals surface area contributed by atoms with Gasteiger partial charge in [-0.15, -0.1) is 0 Å². The Labute approximate surface area is 205 Å². The van der Waals surface area contributed by atoms with E-state index in [9.17, 15) is 19.8 Å². The van der Waals surface area contributed by atoms with Gasteiger partial charge in [0.15, 0.2) is 0 Å². The van der Waals surface area contributed by atoms with Gasteiger partial charge in [0.2, 0.25) is 0 Å². The molecule has 9 heteroatoms. The number of phenols is 1. The van der Waals surface area contributed by atoms with Crippen molar-refractivity contribution in [1.82, 2.24) is 9.80 Å². The van der Waals surface area contributed by atoms with Gasteiger partial charge in [0, 0.05) is 35.7 Å². The van der Waals surface area contributed by atoms with E-state index in [2.05, 4.69) is 20.8 Å². The molecule has 0 saturated carbocycles. The molecule has 2 saturated heterocycles. The molecule has 2 aliphatic rings. The van der Waals surface area contributed by atoms with E-state index >= 15 is 0 Å². The van der Waals surface area contributed by atoms with Crippen molar-refractivity contribution in [2.24, 2.45) is 0 Å². The maximum atomic E-state index is 13.1. The van der Waals surface area contributed by atoms with Crippen LogP contribution in [0.5, 0.6) is 5.75 Å². The van der Waals surface area contributed by atoms with Crippen molar-refractivity contribution in [2.45, 2.75) is 12.5 Å². The van der Waals surface area contributed by atoms with Gasteiger partial charge in [-0.3, -0.25) is 14.5 Å². The normalized spacial score (nSPS) is 21.0. The van der Waals surface area contributed by atoms with Crippen LogP contribution in [-0.2, 0) is 14.3 Å². The number of carbonyl (C=O) groups is 2. The van der Waals surface area contributed by atoms with Gasteiger partial charge in [-0.2, -0.15) is 0 Å². The smallest absolute Gasteiger partial charge is 0.295 e. The first kappa shape index (κ1) is 23.8. The van der Waals surface area contributed by atoms with Crippen molar-refractivity contribution < 1.29 is 24.5 Å². The van der Waals surface area contributed by atoms with Gasteiger partial charge in [-0.25, -0.2) is 0 Å². The highest BCUT2D eigenvalue weighted by Crippen LogP contribution is 2.41. The Kier molecular flexibility index (Phi) is 7.38. The number of phenolic OH excluding ortho intramolecular Hbond substituents is 1. The number of nitrogens with zero attached hydrogens (tertiary/aromatic N) is 2. The summed E-state index contributed by atoms with van der Waals surface area (Å²) in [5.41, 5.74) is 0.678. The molecule has 174 valence electrons. The van der Waals surface area contributed by atoms with E-state index in [0.717, 1.165) is 19.6 Å². The number of Topliss-reactive ketones (excluding diaryl/α,β-unsaturated/α-hetero) is 1. The number of hydrogen-bond donors (Lipinski definition) is 2. The Bertz CT molecular complexity index is 1080. The monoisotopic (exact) mass is 534 g/mol. The van der Waals surface area contributed by atoms with Crippen LogP contribution in [0.25, 0.3) is 5.76 Å². The number of likely N-dealkylation sites (tertiary alicyclic amines) is 1. The number of aromatic hydroxyl groups is 1. The summed E-state index contributed by atoms with van der Waals surface area (Å²) in [4.78, 5) is 29.9. The topological polar surface area (TPSA) is 90.3 Å². The molecule has 1 amide bonds. The summed E-state index contributed by atoms with van der Waals surface area (Å²) in [5, 5.41) is 21.9. The predicted octanol–water partition coefficient (Wildman–Crippen LogP) is 3.95. The maximum absolute atomic E-state index is 13.1. The van der Waals surface area contributed by atoms with Crippen LogP contribution < -0.4 is 0 Å². The van der Waals surface area contributed by atoms with Gasteiger partial charge in [0.05, 0.1) is 30.4 Å². The second-order valence-electron chi connectivity index (χ2n) is 8.01. The molecular formula is C24H24BrClN2O5. The van der Waals surface area contributed by atoms with E-state index in [1.54, 1.807) is 30.3 Å². The minimum Gasteiger partial charge on any atom is -0.507 e. The summed E-state index contributed by atoms with van der Waals surface area (Å²) in [6.07, 6.45) is 0.666. The van der Waals surface area contributed by atoms with Crippen molar-refractivity contribution in [1.29, 1.82) is 0 Å². The summed E-state index contributed by atoms with van der Waals surface area (Å²) in [6.45, 7) is 4.16. The average Bonchev–Trinajstić information content (AvgIpc) is 3.06. The van der Waals surface area contributed by atoms with Gasteiger partial charge < -0.3 is 19.8 Å². The first-order valence-corrected chi connectivity index (χ1v) is 11.9. The number of aliphatic hydroxyl groups excluding tert-OH is 1. The summed E-state index contributed by atoms with van der Waals surface area (Å²) >= 11 is 9.37. The fourth-order valence-electron chi connectivity index (χ4n) is 4.23. The van der Waals surface area contributed by atoms with Gasteiger partial charge in [-0.05, 0) is 42.3 Å². The Morgan fingerprint density at radius 2 is 1.79 bits per heavy atom. The van der Waals surface area contributed by atoms with E-state index in [1.807, 2.05) is 0 Å². The van der Waals surface area contributed by atoms with Crippen molar-refractivity contribution in [3.05, 3.63) is 68.7 Å². The van der Waals surface area contributed by atoms with Crippen molar-refractivity contribution in [3.8, 4) is 5.75 Å². The fourth-order valence-corrected chi connectivity index (χ4v) is 4.72. The molecule has 1 atom stereocenters. The minimum atomic E-state index is -0.787.